The van der Waals surface area contributed by atoms with E-state index in [0.717, 1.165) is 0 Å². The number of Topliss-reactive ketones (excluding diaryl/α,β-unsaturated/α-hetero) is 2. The fraction of sp³-hybridized carbons (Fsp3) is 0.581. The molecular weight excluding hydrogens is 498 g/mol. The fourth-order valence-corrected chi connectivity index (χ4v) is 8.97. The summed E-state index contributed by atoms with van der Waals surface area (Å²) < 4.78 is 6.01. The van der Waals surface area contributed by atoms with Crippen molar-refractivity contribution in [3.63, 3.8) is 0 Å². The number of allylic oxidation sites excluding steroid dienone is 1. The molecule has 2 fully saturated rings. The topological polar surface area (TPSA) is 124 Å². The van der Waals surface area contributed by atoms with Crippen LogP contribution in [0.4, 0.5) is 10.5 Å². The van der Waals surface area contributed by atoms with Gasteiger partial charge < -0.3 is 20.1 Å². The Morgan fingerprint density at radius 2 is 1.87 bits per heavy atom. The minimum atomic E-state index is -2.21. The summed E-state index contributed by atoms with van der Waals surface area (Å²) >= 11 is 0. The number of para-hydroxylation sites is 1. The third-order valence-electron chi connectivity index (χ3n) is 11.2. The number of hydrogen-bond donors (Lipinski definition) is 3. The predicted molar refractivity (Wildman–Crippen MR) is 143 cm³/mol. The van der Waals surface area contributed by atoms with Gasteiger partial charge in [0.05, 0.1) is 17.7 Å². The number of benzene rings is 1. The number of nitrogens with zero attached hydrogens (tertiary/aromatic N) is 1. The van der Waals surface area contributed by atoms with Gasteiger partial charge in [-0.15, -0.1) is 0 Å². The number of aliphatic hydroxyl groups is 3. The molecule has 4 aliphatic carbocycles. The van der Waals surface area contributed by atoms with Gasteiger partial charge in [0.1, 0.15) is 6.10 Å². The van der Waals surface area contributed by atoms with Crippen LogP contribution in [0, 0.1) is 34.0 Å². The number of rotatable bonds is 2. The summed E-state index contributed by atoms with van der Waals surface area (Å²) in [7, 11) is 0. The fourth-order valence-electron chi connectivity index (χ4n) is 8.97. The Labute approximate surface area is 228 Å². The Balaban J connectivity index is 1.44. The lowest BCUT2D eigenvalue weighted by molar-refractivity contribution is -0.190. The summed E-state index contributed by atoms with van der Waals surface area (Å²) in [6.45, 7) is 9.68. The van der Waals surface area contributed by atoms with Crippen molar-refractivity contribution < 1.29 is 34.4 Å². The minimum absolute atomic E-state index is 0.00637. The number of fused-ring (bicyclic) bond motifs is 4. The second-order valence-corrected chi connectivity index (χ2v) is 13.1. The first-order valence-corrected chi connectivity index (χ1v) is 13.8. The van der Waals surface area contributed by atoms with Crippen molar-refractivity contribution in [2.24, 2.45) is 34.0 Å². The van der Waals surface area contributed by atoms with Crippen molar-refractivity contribution in [1.29, 1.82) is 0 Å². The number of anilines is 1. The highest BCUT2D eigenvalue weighted by molar-refractivity contribution is 6.07. The maximum absolute atomic E-state index is 14.6. The summed E-state index contributed by atoms with van der Waals surface area (Å²) in [4.78, 5) is 42.0. The molecule has 1 heterocycles. The zero-order valence-corrected chi connectivity index (χ0v) is 23.1. The SMILES string of the molecule is CC1=C[C@]23C(=O)[C@@H](C=C(CO)[C@@H](O)[C@]2(O)[C@H]1OC(=O)N1CCC(=O)c2ccccc21)[C@@H]1C(C)(C)C1(C)C[C@H]3C. The van der Waals surface area contributed by atoms with Crippen LogP contribution in [0.2, 0.25) is 0 Å². The monoisotopic (exact) mass is 535 g/mol. The van der Waals surface area contributed by atoms with Crippen molar-refractivity contribution in [2.75, 3.05) is 18.1 Å². The molecule has 5 aliphatic rings. The average molecular weight is 536 g/mol. The Hall–Kier alpha value is -2.81. The molecule has 0 radical (unpaired) electrons. The standard InChI is InChI=1S/C31H37NO7/c1-16-13-30-17(2)14-29(5)23(28(29,3)4)20(25(30)36)12-18(15-33)24(35)31(30,38)26(16)39-27(37)32-11-10-22(34)19-8-6-7-9-21(19)32/h6-9,12-13,17,20,23-24,26,33,35,38H,10-11,14-15H2,1-5H3/t17-,20+,23-,24-,26+,29?,30+,31+/m1/s1. The lowest BCUT2D eigenvalue weighted by Crippen LogP contribution is -2.66. The highest BCUT2D eigenvalue weighted by Crippen LogP contribution is 2.78. The van der Waals surface area contributed by atoms with Crippen LogP contribution in [0.25, 0.3) is 0 Å². The van der Waals surface area contributed by atoms with E-state index in [1.54, 1.807) is 43.3 Å². The summed E-state index contributed by atoms with van der Waals surface area (Å²) in [5.74, 6) is -1.25. The molecule has 1 aromatic rings. The van der Waals surface area contributed by atoms with Crippen LogP contribution in [0.1, 0.15) is 57.8 Å². The summed E-state index contributed by atoms with van der Waals surface area (Å²) in [6.07, 6.45) is 0.424. The highest BCUT2D eigenvalue weighted by atomic mass is 16.6. The van der Waals surface area contributed by atoms with Crippen LogP contribution in [0.5, 0.6) is 0 Å². The molecule has 2 bridgehead atoms. The van der Waals surface area contributed by atoms with E-state index in [1.165, 1.54) is 4.90 Å². The van der Waals surface area contributed by atoms with Gasteiger partial charge in [-0.05, 0) is 59.3 Å². The van der Waals surface area contributed by atoms with Crippen LogP contribution >= 0.6 is 0 Å². The molecule has 1 aromatic carbocycles. The molecule has 8 atom stereocenters. The van der Waals surface area contributed by atoms with E-state index in [-0.39, 0.29) is 52.8 Å². The number of aliphatic hydroxyl groups excluding tert-OH is 2. The number of carbonyl (C=O) groups excluding carboxylic acids is 3. The van der Waals surface area contributed by atoms with Crippen molar-refractivity contribution in [3.8, 4) is 0 Å². The van der Waals surface area contributed by atoms with E-state index in [1.807, 2.05) is 6.92 Å². The number of amides is 1. The van der Waals surface area contributed by atoms with Crippen LogP contribution in [0.15, 0.2) is 47.6 Å². The molecule has 0 saturated heterocycles. The Morgan fingerprint density at radius 3 is 2.56 bits per heavy atom. The van der Waals surface area contributed by atoms with Crippen LogP contribution in [0.3, 0.4) is 0 Å². The smallest absolute Gasteiger partial charge is 0.415 e. The molecule has 2 saturated carbocycles. The van der Waals surface area contributed by atoms with E-state index >= 15 is 0 Å². The summed E-state index contributed by atoms with van der Waals surface area (Å²) in [5.41, 5.74) is -2.55. The van der Waals surface area contributed by atoms with Crippen molar-refractivity contribution in [2.45, 2.75) is 65.3 Å². The third kappa shape index (κ3) is 3.03. The Morgan fingerprint density at radius 1 is 1.18 bits per heavy atom. The van der Waals surface area contributed by atoms with Gasteiger partial charge in [-0.2, -0.15) is 0 Å². The molecule has 1 amide bonds. The second-order valence-electron chi connectivity index (χ2n) is 13.1. The molecule has 208 valence electrons. The lowest BCUT2D eigenvalue weighted by Gasteiger charge is -2.49. The number of carbonyl (C=O) groups is 3. The average Bonchev–Trinajstić information content (AvgIpc) is 3.26. The maximum Gasteiger partial charge on any atom is 0.415 e. The van der Waals surface area contributed by atoms with Gasteiger partial charge in [0, 0.05) is 24.4 Å². The van der Waals surface area contributed by atoms with Crippen molar-refractivity contribution in [1.82, 2.24) is 0 Å². The van der Waals surface area contributed by atoms with E-state index in [9.17, 15) is 29.7 Å². The number of ketones is 2. The largest absolute Gasteiger partial charge is 0.438 e. The molecule has 0 aromatic heterocycles. The number of hydrogen-bond acceptors (Lipinski definition) is 7. The van der Waals surface area contributed by atoms with E-state index in [0.29, 0.717) is 23.2 Å². The van der Waals surface area contributed by atoms with Gasteiger partial charge >= 0.3 is 6.09 Å². The first-order chi connectivity index (χ1) is 18.3. The van der Waals surface area contributed by atoms with Gasteiger partial charge in [-0.25, -0.2) is 4.79 Å². The molecule has 3 N–H and O–H groups in total. The second kappa shape index (κ2) is 8.12. The van der Waals surface area contributed by atoms with Crippen LogP contribution in [-0.4, -0.2) is 63.9 Å². The summed E-state index contributed by atoms with van der Waals surface area (Å²) in [6, 6.07) is 6.79. The van der Waals surface area contributed by atoms with E-state index in [2.05, 4.69) is 20.8 Å². The van der Waals surface area contributed by atoms with Crippen LogP contribution < -0.4 is 4.90 Å². The normalized spacial score (nSPS) is 41.8. The first kappa shape index (κ1) is 26.4. The zero-order valence-electron chi connectivity index (χ0n) is 23.1. The third-order valence-corrected chi connectivity index (χ3v) is 11.2. The van der Waals surface area contributed by atoms with E-state index < -0.39 is 41.8 Å². The summed E-state index contributed by atoms with van der Waals surface area (Å²) in [5, 5.41) is 34.7. The predicted octanol–water partition coefficient (Wildman–Crippen LogP) is 3.44. The first-order valence-electron chi connectivity index (χ1n) is 13.8. The van der Waals surface area contributed by atoms with Gasteiger partial charge in [0.25, 0.3) is 0 Å². The Bertz CT molecular complexity index is 1360. The Kier molecular flexibility index (Phi) is 5.50. The molecule has 6 rings (SSSR count). The minimum Gasteiger partial charge on any atom is -0.438 e. The van der Waals surface area contributed by atoms with Gasteiger partial charge in [-0.1, -0.05) is 52.0 Å². The van der Waals surface area contributed by atoms with Crippen LogP contribution in [-0.2, 0) is 9.53 Å². The maximum atomic E-state index is 14.6. The molecule has 39 heavy (non-hydrogen) atoms. The molecule has 1 aliphatic heterocycles. The van der Waals surface area contributed by atoms with Crippen molar-refractivity contribution in [3.05, 3.63) is 53.1 Å². The lowest BCUT2D eigenvalue weighted by atomic mass is 9.58. The molecule has 8 heteroatoms. The van der Waals surface area contributed by atoms with Gasteiger partial charge in [0.15, 0.2) is 23.3 Å². The van der Waals surface area contributed by atoms with Gasteiger partial charge in [0.2, 0.25) is 0 Å². The quantitative estimate of drug-likeness (QED) is 0.496. The van der Waals surface area contributed by atoms with Gasteiger partial charge in [-0.3, -0.25) is 14.5 Å². The van der Waals surface area contributed by atoms with Crippen molar-refractivity contribution >= 4 is 23.3 Å². The highest BCUT2D eigenvalue weighted by Gasteiger charge is 2.80. The molecular formula is C31H37NO7. The molecule has 1 spiro atoms. The molecule has 1 unspecified atom stereocenters. The van der Waals surface area contributed by atoms with E-state index in [4.69, 9.17) is 4.74 Å². The number of ether oxygens (including phenoxy) is 1. The molecule has 8 nitrogen and oxygen atoms in total. The zero-order chi connectivity index (χ0) is 28.3.